The third-order valence-electron chi connectivity index (χ3n) is 6.23. The van der Waals surface area contributed by atoms with E-state index in [2.05, 4.69) is 17.6 Å². The minimum Gasteiger partial charge on any atom is -0.491 e. The van der Waals surface area contributed by atoms with Crippen molar-refractivity contribution in [3.05, 3.63) is 29.8 Å². The van der Waals surface area contributed by atoms with Gasteiger partial charge in [0.25, 0.3) is 5.91 Å². The SMILES string of the molecule is CCCCCCCCCCOC(=O)CC1C(=O)NCCN1C(=S)NC(=O)c1cccc(OCCOCC)c1. The van der Waals surface area contributed by atoms with Gasteiger partial charge >= 0.3 is 5.97 Å². The molecule has 212 valence electrons. The highest BCUT2D eigenvalue weighted by molar-refractivity contribution is 7.80. The second kappa shape index (κ2) is 18.5. The van der Waals surface area contributed by atoms with Gasteiger partial charge in [0, 0.05) is 25.3 Å². The first-order valence-electron chi connectivity index (χ1n) is 13.8. The van der Waals surface area contributed by atoms with E-state index in [-0.39, 0.29) is 17.4 Å². The number of ether oxygens (including phenoxy) is 3. The van der Waals surface area contributed by atoms with Crippen LogP contribution in [0.1, 0.15) is 82.0 Å². The largest absolute Gasteiger partial charge is 0.491 e. The number of rotatable bonds is 17. The van der Waals surface area contributed by atoms with Crippen LogP contribution >= 0.6 is 12.2 Å². The smallest absolute Gasteiger partial charge is 0.308 e. The number of benzene rings is 1. The molecule has 2 amide bonds. The summed E-state index contributed by atoms with van der Waals surface area (Å²) in [7, 11) is 0. The summed E-state index contributed by atoms with van der Waals surface area (Å²) in [6, 6.07) is 5.90. The van der Waals surface area contributed by atoms with Gasteiger partial charge in [0.15, 0.2) is 5.11 Å². The molecule has 1 aliphatic rings. The van der Waals surface area contributed by atoms with Crippen LogP contribution in [0.2, 0.25) is 0 Å². The van der Waals surface area contributed by atoms with E-state index in [0.717, 1.165) is 19.3 Å². The van der Waals surface area contributed by atoms with E-state index in [0.29, 0.717) is 50.8 Å². The van der Waals surface area contributed by atoms with Crippen molar-refractivity contribution < 1.29 is 28.6 Å². The Bertz CT molecular complexity index is 897. The van der Waals surface area contributed by atoms with Gasteiger partial charge in [-0.15, -0.1) is 0 Å². The lowest BCUT2D eigenvalue weighted by atomic mass is 10.1. The number of hydrogen-bond acceptors (Lipinski definition) is 7. The number of carbonyl (C=O) groups excluding carboxylic acids is 3. The molecular formula is C28H43N3O6S. The Kier molecular flexibility index (Phi) is 15.3. The summed E-state index contributed by atoms with van der Waals surface area (Å²) in [5, 5.41) is 5.54. The van der Waals surface area contributed by atoms with E-state index in [9.17, 15) is 14.4 Å². The Morgan fingerprint density at radius 1 is 1.05 bits per heavy atom. The molecular weight excluding hydrogens is 506 g/mol. The second-order valence-corrected chi connectivity index (χ2v) is 9.62. The number of piperazine rings is 1. The highest BCUT2D eigenvalue weighted by Gasteiger charge is 2.34. The van der Waals surface area contributed by atoms with Crippen molar-refractivity contribution in [2.75, 3.05) is 39.5 Å². The Balaban J connectivity index is 1.81. The van der Waals surface area contributed by atoms with Crippen LogP contribution in [-0.4, -0.2) is 73.4 Å². The number of unbranched alkanes of at least 4 members (excludes halogenated alkanes) is 7. The van der Waals surface area contributed by atoms with E-state index in [1.807, 2.05) is 6.92 Å². The Hall–Kier alpha value is -2.72. The summed E-state index contributed by atoms with van der Waals surface area (Å²) in [6.07, 6.45) is 9.09. The average molecular weight is 550 g/mol. The number of amides is 2. The molecule has 1 atom stereocenters. The number of carbonyl (C=O) groups is 3. The maximum Gasteiger partial charge on any atom is 0.308 e. The minimum atomic E-state index is -0.837. The highest BCUT2D eigenvalue weighted by Crippen LogP contribution is 2.15. The maximum absolute atomic E-state index is 12.8. The Labute approximate surface area is 231 Å². The molecule has 2 N–H and O–H groups in total. The van der Waals surface area contributed by atoms with Gasteiger partial charge in [-0.05, 0) is 43.8 Å². The molecule has 2 rings (SSSR count). The third kappa shape index (κ3) is 11.8. The summed E-state index contributed by atoms with van der Waals surface area (Å²) in [5.74, 6) is -0.655. The quantitative estimate of drug-likeness (QED) is 0.171. The van der Waals surface area contributed by atoms with Gasteiger partial charge in [-0.2, -0.15) is 0 Å². The van der Waals surface area contributed by atoms with Crippen molar-refractivity contribution >= 4 is 35.1 Å². The lowest BCUT2D eigenvalue weighted by Gasteiger charge is -2.36. The van der Waals surface area contributed by atoms with Crippen molar-refractivity contribution in [1.29, 1.82) is 0 Å². The number of thiocarbonyl (C=S) groups is 1. The number of nitrogens with one attached hydrogen (secondary N) is 2. The molecule has 0 spiro atoms. The van der Waals surface area contributed by atoms with Gasteiger partial charge < -0.3 is 24.4 Å². The molecule has 9 nitrogen and oxygen atoms in total. The fourth-order valence-electron chi connectivity index (χ4n) is 4.13. The fraction of sp³-hybridized carbons (Fsp3) is 0.643. The zero-order valence-electron chi connectivity index (χ0n) is 22.8. The van der Waals surface area contributed by atoms with Crippen LogP contribution in [0.4, 0.5) is 0 Å². The van der Waals surface area contributed by atoms with E-state index < -0.39 is 17.9 Å². The monoisotopic (exact) mass is 549 g/mol. The van der Waals surface area contributed by atoms with E-state index >= 15 is 0 Å². The molecule has 1 unspecified atom stereocenters. The van der Waals surface area contributed by atoms with Crippen molar-refractivity contribution in [2.24, 2.45) is 0 Å². The molecule has 1 aromatic carbocycles. The number of nitrogens with zero attached hydrogens (tertiary/aromatic N) is 1. The Morgan fingerprint density at radius 2 is 1.79 bits per heavy atom. The molecule has 1 saturated heterocycles. The van der Waals surface area contributed by atoms with Gasteiger partial charge in [-0.25, -0.2) is 0 Å². The molecule has 0 aliphatic carbocycles. The molecule has 1 fully saturated rings. The molecule has 1 aromatic rings. The first-order chi connectivity index (χ1) is 18.5. The van der Waals surface area contributed by atoms with Crippen LogP contribution in [0.5, 0.6) is 5.75 Å². The van der Waals surface area contributed by atoms with Crippen LogP contribution in [0.25, 0.3) is 0 Å². The first-order valence-corrected chi connectivity index (χ1v) is 14.2. The lowest BCUT2D eigenvalue weighted by molar-refractivity contribution is -0.147. The molecule has 1 heterocycles. The summed E-state index contributed by atoms with van der Waals surface area (Å²) < 4.78 is 16.3. The lowest BCUT2D eigenvalue weighted by Crippen LogP contribution is -2.60. The van der Waals surface area contributed by atoms with Crippen molar-refractivity contribution in [1.82, 2.24) is 15.5 Å². The summed E-state index contributed by atoms with van der Waals surface area (Å²) >= 11 is 5.45. The van der Waals surface area contributed by atoms with E-state index in [1.54, 1.807) is 29.2 Å². The summed E-state index contributed by atoms with van der Waals surface area (Å²) in [6.45, 7) is 6.63. The predicted molar refractivity (Wildman–Crippen MR) is 150 cm³/mol. The van der Waals surface area contributed by atoms with Crippen LogP contribution in [0, 0.1) is 0 Å². The van der Waals surface area contributed by atoms with Crippen LogP contribution in [-0.2, 0) is 19.1 Å². The predicted octanol–water partition coefficient (Wildman–Crippen LogP) is 3.99. The van der Waals surface area contributed by atoms with Gasteiger partial charge in [0.05, 0.1) is 19.6 Å². The molecule has 38 heavy (non-hydrogen) atoms. The molecule has 0 saturated carbocycles. The molecule has 0 radical (unpaired) electrons. The fourth-order valence-corrected chi connectivity index (χ4v) is 4.44. The van der Waals surface area contributed by atoms with Gasteiger partial charge in [-0.3, -0.25) is 19.7 Å². The van der Waals surface area contributed by atoms with Gasteiger partial charge in [-0.1, -0.05) is 57.9 Å². The molecule has 0 aromatic heterocycles. The van der Waals surface area contributed by atoms with E-state index in [1.165, 1.54) is 32.1 Å². The summed E-state index contributed by atoms with van der Waals surface area (Å²) in [4.78, 5) is 39.4. The minimum absolute atomic E-state index is 0.0911. The average Bonchev–Trinajstić information content (AvgIpc) is 2.91. The zero-order chi connectivity index (χ0) is 27.6. The van der Waals surface area contributed by atoms with Crippen LogP contribution in [0.15, 0.2) is 24.3 Å². The van der Waals surface area contributed by atoms with Crippen molar-refractivity contribution in [3.63, 3.8) is 0 Å². The topological polar surface area (TPSA) is 106 Å². The van der Waals surface area contributed by atoms with Crippen molar-refractivity contribution in [3.8, 4) is 5.75 Å². The normalized spacial score (nSPS) is 15.1. The Morgan fingerprint density at radius 3 is 2.53 bits per heavy atom. The van der Waals surface area contributed by atoms with E-state index in [4.69, 9.17) is 26.4 Å². The summed E-state index contributed by atoms with van der Waals surface area (Å²) in [5.41, 5.74) is 0.365. The van der Waals surface area contributed by atoms with Gasteiger partial charge in [0.2, 0.25) is 5.91 Å². The highest BCUT2D eigenvalue weighted by atomic mass is 32.1. The van der Waals surface area contributed by atoms with Gasteiger partial charge in [0.1, 0.15) is 18.4 Å². The van der Waals surface area contributed by atoms with Crippen molar-refractivity contribution in [2.45, 2.75) is 77.7 Å². The van der Waals surface area contributed by atoms with Crippen LogP contribution < -0.4 is 15.4 Å². The molecule has 1 aliphatic heterocycles. The maximum atomic E-state index is 12.8. The number of hydrogen-bond donors (Lipinski definition) is 2. The first kappa shape index (κ1) is 31.5. The standard InChI is InChI=1S/C28H43N3O6S/c1-3-5-6-7-8-9-10-11-17-37-25(32)21-24-27(34)29-15-16-31(24)28(38)30-26(33)22-13-12-14-23(20-22)36-19-18-35-4-2/h12-14,20,24H,3-11,15-19,21H2,1-2H3,(H,29,34)(H,30,33,38). The number of esters is 1. The molecule has 10 heteroatoms. The zero-order valence-corrected chi connectivity index (χ0v) is 23.6. The third-order valence-corrected chi connectivity index (χ3v) is 6.57. The second-order valence-electron chi connectivity index (χ2n) is 9.23. The van der Waals surface area contributed by atoms with Crippen LogP contribution in [0.3, 0.4) is 0 Å². The molecule has 0 bridgehead atoms.